The van der Waals surface area contributed by atoms with Crippen LogP contribution in [-0.2, 0) is 6.42 Å². The van der Waals surface area contributed by atoms with E-state index in [1.807, 2.05) is 12.4 Å². The van der Waals surface area contributed by atoms with Crippen molar-refractivity contribution in [2.45, 2.75) is 31.6 Å². The fourth-order valence-corrected chi connectivity index (χ4v) is 1.58. The minimum Gasteiger partial charge on any atom is -0.330 e. The fraction of sp³-hybridized carbons (Fsp3) is 0.600. The van der Waals surface area contributed by atoms with Crippen molar-refractivity contribution in [3.63, 3.8) is 0 Å². The molecule has 0 saturated heterocycles. The van der Waals surface area contributed by atoms with Crippen molar-refractivity contribution in [1.29, 1.82) is 0 Å². The van der Waals surface area contributed by atoms with Gasteiger partial charge in [-0.3, -0.25) is 0 Å². The van der Waals surface area contributed by atoms with Crippen molar-refractivity contribution >= 4 is 0 Å². The molecule has 0 bridgehead atoms. The lowest BCUT2D eigenvalue weighted by molar-refractivity contribution is 0.417. The first-order valence-electron chi connectivity index (χ1n) is 4.91. The summed E-state index contributed by atoms with van der Waals surface area (Å²) < 4.78 is 0. The summed E-state index contributed by atoms with van der Waals surface area (Å²) in [5.41, 5.74) is 6.71. The van der Waals surface area contributed by atoms with E-state index in [4.69, 9.17) is 5.73 Å². The summed E-state index contributed by atoms with van der Waals surface area (Å²) in [4.78, 5) is 8.56. The van der Waals surface area contributed by atoms with E-state index < -0.39 is 0 Å². The van der Waals surface area contributed by atoms with Gasteiger partial charge < -0.3 is 5.73 Å². The van der Waals surface area contributed by atoms with Gasteiger partial charge in [-0.1, -0.05) is 6.42 Å². The monoisotopic (exact) mass is 177 g/mol. The molecular weight excluding hydrogens is 162 g/mol. The first kappa shape index (κ1) is 8.63. The van der Waals surface area contributed by atoms with Gasteiger partial charge in [-0.05, 0) is 30.9 Å². The summed E-state index contributed by atoms with van der Waals surface area (Å²) in [6, 6.07) is 0. The van der Waals surface area contributed by atoms with E-state index in [-0.39, 0.29) is 0 Å². The molecule has 1 heterocycles. The summed E-state index contributed by atoms with van der Waals surface area (Å²) in [6.07, 6.45) is 8.67. The quantitative estimate of drug-likeness (QED) is 0.755. The zero-order valence-electron chi connectivity index (χ0n) is 7.74. The van der Waals surface area contributed by atoms with Crippen molar-refractivity contribution in [3.8, 4) is 0 Å². The van der Waals surface area contributed by atoms with Crippen molar-refractivity contribution < 1.29 is 0 Å². The number of nitrogens with zero attached hydrogens (tertiary/aromatic N) is 2. The van der Waals surface area contributed by atoms with Gasteiger partial charge in [0.05, 0.1) is 0 Å². The van der Waals surface area contributed by atoms with Gasteiger partial charge in [0.1, 0.15) is 5.82 Å². The second-order valence-corrected chi connectivity index (χ2v) is 3.60. The molecule has 0 radical (unpaired) electrons. The summed E-state index contributed by atoms with van der Waals surface area (Å²) in [7, 11) is 0. The van der Waals surface area contributed by atoms with Crippen LogP contribution in [0.2, 0.25) is 0 Å². The highest BCUT2D eigenvalue weighted by Gasteiger charge is 2.19. The lowest BCUT2D eigenvalue weighted by Gasteiger charge is -2.24. The van der Waals surface area contributed by atoms with Gasteiger partial charge in [-0.2, -0.15) is 0 Å². The Labute approximate surface area is 78.4 Å². The first-order valence-corrected chi connectivity index (χ1v) is 4.91. The lowest BCUT2D eigenvalue weighted by Crippen LogP contribution is -2.11. The lowest BCUT2D eigenvalue weighted by atomic mass is 9.81. The molecule has 1 aromatic rings. The van der Waals surface area contributed by atoms with Crippen LogP contribution in [0, 0.1) is 0 Å². The molecule has 2 N–H and O–H groups in total. The molecular formula is C10H15N3. The van der Waals surface area contributed by atoms with Gasteiger partial charge in [-0.25, -0.2) is 9.97 Å². The molecule has 1 saturated carbocycles. The number of hydrogen-bond donors (Lipinski definition) is 1. The number of hydrogen-bond acceptors (Lipinski definition) is 3. The Morgan fingerprint density at radius 2 is 2.00 bits per heavy atom. The average Bonchev–Trinajstić information content (AvgIpc) is 2.06. The molecule has 0 amide bonds. The van der Waals surface area contributed by atoms with Crippen LogP contribution in [0.25, 0.3) is 0 Å². The van der Waals surface area contributed by atoms with Gasteiger partial charge in [0, 0.05) is 18.8 Å². The van der Waals surface area contributed by atoms with Gasteiger partial charge in [0.25, 0.3) is 0 Å². The van der Waals surface area contributed by atoms with Gasteiger partial charge >= 0.3 is 0 Å². The standard InChI is InChI=1S/C10H15N3/c11-5-4-10-12-6-9(7-13-10)8-2-1-3-8/h6-8H,1-5,11H2. The van der Waals surface area contributed by atoms with E-state index in [0.29, 0.717) is 6.54 Å². The van der Waals surface area contributed by atoms with Crippen LogP contribution in [0.3, 0.4) is 0 Å². The van der Waals surface area contributed by atoms with E-state index in [1.165, 1.54) is 24.8 Å². The van der Waals surface area contributed by atoms with Crippen molar-refractivity contribution in [2.24, 2.45) is 5.73 Å². The molecule has 0 aromatic carbocycles. The second kappa shape index (κ2) is 3.83. The normalized spacial score (nSPS) is 17.0. The molecule has 1 aliphatic carbocycles. The SMILES string of the molecule is NCCc1ncc(C2CCC2)cn1. The largest absolute Gasteiger partial charge is 0.330 e. The van der Waals surface area contributed by atoms with Crippen LogP contribution in [0.1, 0.15) is 36.6 Å². The summed E-state index contributed by atoms with van der Waals surface area (Å²) in [6.45, 7) is 0.628. The molecule has 0 unspecified atom stereocenters. The highest BCUT2D eigenvalue weighted by Crippen LogP contribution is 2.35. The van der Waals surface area contributed by atoms with Crippen molar-refractivity contribution in [3.05, 3.63) is 23.8 Å². The highest BCUT2D eigenvalue weighted by molar-refractivity contribution is 5.14. The molecule has 70 valence electrons. The van der Waals surface area contributed by atoms with Crippen molar-refractivity contribution in [1.82, 2.24) is 9.97 Å². The zero-order valence-corrected chi connectivity index (χ0v) is 7.74. The maximum atomic E-state index is 5.42. The molecule has 2 rings (SSSR count). The first-order chi connectivity index (χ1) is 6.40. The number of aromatic nitrogens is 2. The van der Waals surface area contributed by atoms with Gasteiger partial charge in [0.2, 0.25) is 0 Å². The summed E-state index contributed by atoms with van der Waals surface area (Å²) >= 11 is 0. The molecule has 0 aliphatic heterocycles. The highest BCUT2D eigenvalue weighted by atomic mass is 14.9. The third-order valence-corrected chi connectivity index (χ3v) is 2.67. The predicted octanol–water partition coefficient (Wildman–Crippen LogP) is 1.25. The van der Waals surface area contributed by atoms with Gasteiger partial charge in [-0.15, -0.1) is 0 Å². The number of nitrogens with two attached hydrogens (primary N) is 1. The zero-order chi connectivity index (χ0) is 9.10. The smallest absolute Gasteiger partial charge is 0.129 e. The van der Waals surface area contributed by atoms with Crippen LogP contribution < -0.4 is 5.73 Å². The molecule has 3 nitrogen and oxygen atoms in total. The molecule has 3 heteroatoms. The average molecular weight is 177 g/mol. The minimum absolute atomic E-state index is 0.628. The Hall–Kier alpha value is -0.960. The Kier molecular flexibility index (Phi) is 2.54. The summed E-state index contributed by atoms with van der Waals surface area (Å²) in [5.74, 6) is 1.59. The second-order valence-electron chi connectivity index (χ2n) is 3.60. The van der Waals surface area contributed by atoms with Crippen LogP contribution >= 0.6 is 0 Å². The minimum atomic E-state index is 0.628. The van der Waals surface area contributed by atoms with Crippen molar-refractivity contribution in [2.75, 3.05) is 6.54 Å². The van der Waals surface area contributed by atoms with E-state index in [9.17, 15) is 0 Å². The van der Waals surface area contributed by atoms with Crippen LogP contribution in [0.15, 0.2) is 12.4 Å². The predicted molar refractivity (Wildman–Crippen MR) is 51.4 cm³/mol. The molecule has 0 spiro atoms. The Morgan fingerprint density at radius 1 is 1.31 bits per heavy atom. The number of rotatable bonds is 3. The fourth-order valence-electron chi connectivity index (χ4n) is 1.58. The Bertz CT molecular complexity index is 264. The molecule has 13 heavy (non-hydrogen) atoms. The summed E-state index contributed by atoms with van der Waals surface area (Å²) in [5, 5.41) is 0. The van der Waals surface area contributed by atoms with E-state index in [1.54, 1.807) is 0 Å². The topological polar surface area (TPSA) is 51.8 Å². The van der Waals surface area contributed by atoms with E-state index in [2.05, 4.69) is 9.97 Å². The Morgan fingerprint density at radius 3 is 2.46 bits per heavy atom. The van der Waals surface area contributed by atoms with Gasteiger partial charge in [0.15, 0.2) is 0 Å². The maximum absolute atomic E-state index is 5.42. The Balaban J connectivity index is 2.04. The third kappa shape index (κ3) is 1.86. The van der Waals surface area contributed by atoms with Crippen LogP contribution in [-0.4, -0.2) is 16.5 Å². The molecule has 1 fully saturated rings. The van der Waals surface area contributed by atoms with Crippen LogP contribution in [0.5, 0.6) is 0 Å². The van der Waals surface area contributed by atoms with E-state index in [0.717, 1.165) is 18.2 Å². The maximum Gasteiger partial charge on any atom is 0.129 e. The third-order valence-electron chi connectivity index (χ3n) is 2.67. The molecule has 1 aromatic heterocycles. The van der Waals surface area contributed by atoms with E-state index >= 15 is 0 Å². The van der Waals surface area contributed by atoms with Crippen LogP contribution in [0.4, 0.5) is 0 Å². The molecule has 1 aliphatic rings. The molecule has 0 atom stereocenters.